The molecule has 1 aliphatic carbocycles. The fraction of sp³-hybridized carbons (Fsp3) is 0.364. The Bertz CT molecular complexity index is 419. The Morgan fingerprint density at radius 2 is 2.27 bits per heavy atom. The van der Waals surface area contributed by atoms with Crippen LogP contribution in [0.2, 0.25) is 0 Å². The summed E-state index contributed by atoms with van der Waals surface area (Å²) < 4.78 is 13.0. The fourth-order valence-electron chi connectivity index (χ4n) is 2.12. The third kappa shape index (κ3) is 1.51. The first-order valence-corrected chi connectivity index (χ1v) is 4.85. The molecule has 4 heteroatoms. The van der Waals surface area contributed by atoms with Gasteiger partial charge in [0.05, 0.1) is 0 Å². The van der Waals surface area contributed by atoms with E-state index in [1.54, 1.807) is 0 Å². The summed E-state index contributed by atoms with van der Waals surface area (Å²) in [5.41, 5.74) is 5.75. The molecule has 0 heterocycles. The van der Waals surface area contributed by atoms with E-state index in [9.17, 15) is 9.18 Å². The largest absolute Gasteiger partial charge is 0.480 e. The molecule has 80 valence electrons. The molecule has 1 aliphatic rings. The van der Waals surface area contributed by atoms with Crippen LogP contribution in [0.15, 0.2) is 18.2 Å². The Kier molecular flexibility index (Phi) is 2.23. The summed E-state index contributed by atoms with van der Waals surface area (Å²) in [5, 5.41) is 9.09. The van der Waals surface area contributed by atoms with Crippen molar-refractivity contribution in [3.8, 4) is 0 Å². The van der Waals surface area contributed by atoms with Gasteiger partial charge in [-0.05, 0) is 42.5 Å². The lowest BCUT2D eigenvalue weighted by Crippen LogP contribution is -2.47. The van der Waals surface area contributed by atoms with Gasteiger partial charge in [-0.15, -0.1) is 0 Å². The Hall–Kier alpha value is -1.42. The van der Waals surface area contributed by atoms with Gasteiger partial charge in [0, 0.05) is 0 Å². The number of hydrogen-bond donors (Lipinski definition) is 2. The summed E-state index contributed by atoms with van der Waals surface area (Å²) in [6.07, 6.45) is 1.78. The monoisotopic (exact) mass is 209 g/mol. The second-order valence-electron chi connectivity index (χ2n) is 3.93. The van der Waals surface area contributed by atoms with Crippen molar-refractivity contribution in [3.63, 3.8) is 0 Å². The highest BCUT2D eigenvalue weighted by molar-refractivity contribution is 5.81. The molecule has 3 nitrogen and oxygen atoms in total. The molecule has 1 atom stereocenters. The first-order chi connectivity index (χ1) is 7.04. The van der Waals surface area contributed by atoms with E-state index in [2.05, 4.69) is 0 Å². The first kappa shape index (κ1) is 10.1. The Balaban J connectivity index is 2.56. The molecule has 0 unspecified atom stereocenters. The molecular weight excluding hydrogens is 197 g/mol. The van der Waals surface area contributed by atoms with E-state index in [4.69, 9.17) is 10.8 Å². The molecule has 0 aliphatic heterocycles. The van der Waals surface area contributed by atoms with Crippen LogP contribution in [0.3, 0.4) is 0 Å². The maximum Gasteiger partial charge on any atom is 0.328 e. The minimum Gasteiger partial charge on any atom is -0.480 e. The second-order valence-corrected chi connectivity index (χ2v) is 3.93. The van der Waals surface area contributed by atoms with Gasteiger partial charge in [0.1, 0.15) is 11.4 Å². The van der Waals surface area contributed by atoms with E-state index in [1.807, 2.05) is 0 Å². The van der Waals surface area contributed by atoms with Gasteiger partial charge in [0.2, 0.25) is 0 Å². The van der Waals surface area contributed by atoms with E-state index >= 15 is 0 Å². The molecule has 1 aromatic rings. The van der Waals surface area contributed by atoms with Crippen LogP contribution >= 0.6 is 0 Å². The molecule has 0 aromatic heterocycles. The van der Waals surface area contributed by atoms with Crippen LogP contribution in [0.25, 0.3) is 0 Å². The van der Waals surface area contributed by atoms with Gasteiger partial charge in [-0.1, -0.05) is 6.07 Å². The zero-order valence-electron chi connectivity index (χ0n) is 8.16. The Labute approximate surface area is 86.7 Å². The van der Waals surface area contributed by atoms with Gasteiger partial charge in [-0.25, -0.2) is 9.18 Å². The topological polar surface area (TPSA) is 63.3 Å². The second kappa shape index (κ2) is 3.31. The predicted molar refractivity (Wildman–Crippen MR) is 52.8 cm³/mol. The number of benzene rings is 1. The highest BCUT2D eigenvalue weighted by Gasteiger charge is 2.39. The van der Waals surface area contributed by atoms with E-state index in [0.29, 0.717) is 30.4 Å². The predicted octanol–water partition coefficient (Wildman–Crippen LogP) is 1.40. The molecule has 0 spiro atoms. The smallest absolute Gasteiger partial charge is 0.328 e. The number of carboxylic acids is 1. The third-order valence-electron chi connectivity index (χ3n) is 2.95. The van der Waals surface area contributed by atoms with Crippen molar-refractivity contribution in [1.29, 1.82) is 0 Å². The SMILES string of the molecule is N[C@@]1(C(=O)O)CCCc2cc(F)ccc21. The van der Waals surface area contributed by atoms with Crippen molar-refractivity contribution < 1.29 is 14.3 Å². The maximum absolute atomic E-state index is 13.0. The van der Waals surface area contributed by atoms with Crippen molar-refractivity contribution in [1.82, 2.24) is 0 Å². The van der Waals surface area contributed by atoms with Gasteiger partial charge in [0.15, 0.2) is 0 Å². The van der Waals surface area contributed by atoms with Gasteiger partial charge >= 0.3 is 5.97 Å². The van der Waals surface area contributed by atoms with Crippen LogP contribution in [-0.2, 0) is 16.8 Å². The molecule has 15 heavy (non-hydrogen) atoms. The third-order valence-corrected chi connectivity index (χ3v) is 2.95. The highest BCUT2D eigenvalue weighted by Crippen LogP contribution is 2.33. The number of carboxylic acid groups (broad SMARTS) is 1. The van der Waals surface area contributed by atoms with E-state index < -0.39 is 11.5 Å². The van der Waals surface area contributed by atoms with Crippen molar-refractivity contribution in [2.75, 3.05) is 0 Å². The van der Waals surface area contributed by atoms with Crippen LogP contribution in [0.4, 0.5) is 4.39 Å². The molecular formula is C11H12FNO2. The lowest BCUT2D eigenvalue weighted by atomic mass is 9.77. The molecule has 0 saturated heterocycles. The van der Waals surface area contributed by atoms with Crippen molar-refractivity contribution in [2.45, 2.75) is 24.8 Å². The number of aryl methyl sites for hydroxylation is 1. The zero-order valence-corrected chi connectivity index (χ0v) is 8.16. The fourth-order valence-corrected chi connectivity index (χ4v) is 2.12. The van der Waals surface area contributed by atoms with Gasteiger partial charge in [-0.3, -0.25) is 0 Å². The van der Waals surface area contributed by atoms with E-state index in [0.717, 1.165) is 0 Å². The first-order valence-electron chi connectivity index (χ1n) is 4.85. The standard InChI is InChI=1S/C11H12FNO2/c12-8-3-4-9-7(6-8)2-1-5-11(9,13)10(14)15/h3-4,6H,1-2,5,13H2,(H,14,15)/t11-/m0/s1. The molecule has 3 N–H and O–H groups in total. The van der Waals surface area contributed by atoms with Crippen LogP contribution in [-0.4, -0.2) is 11.1 Å². The minimum atomic E-state index is -1.35. The van der Waals surface area contributed by atoms with Crippen molar-refractivity contribution >= 4 is 5.97 Å². The summed E-state index contributed by atoms with van der Waals surface area (Å²) in [5.74, 6) is -1.39. The summed E-state index contributed by atoms with van der Waals surface area (Å²) in [6, 6.07) is 4.12. The van der Waals surface area contributed by atoms with Crippen molar-refractivity contribution in [2.24, 2.45) is 5.73 Å². The minimum absolute atomic E-state index is 0.344. The van der Waals surface area contributed by atoms with Crippen LogP contribution < -0.4 is 5.73 Å². The number of rotatable bonds is 1. The quantitative estimate of drug-likeness (QED) is 0.734. The normalized spacial score (nSPS) is 24.7. The maximum atomic E-state index is 13.0. The average Bonchev–Trinajstić information content (AvgIpc) is 2.17. The van der Waals surface area contributed by atoms with Crippen LogP contribution in [0.1, 0.15) is 24.0 Å². The molecule has 0 saturated carbocycles. The van der Waals surface area contributed by atoms with Crippen LogP contribution in [0.5, 0.6) is 0 Å². The molecule has 0 fully saturated rings. The number of nitrogens with two attached hydrogens (primary N) is 1. The average molecular weight is 209 g/mol. The van der Waals surface area contributed by atoms with Crippen LogP contribution in [0, 0.1) is 5.82 Å². The lowest BCUT2D eigenvalue weighted by molar-refractivity contribution is -0.144. The number of carbonyl (C=O) groups is 1. The van der Waals surface area contributed by atoms with Gasteiger partial charge in [-0.2, -0.15) is 0 Å². The zero-order chi connectivity index (χ0) is 11.1. The van der Waals surface area contributed by atoms with E-state index in [-0.39, 0.29) is 5.82 Å². The molecule has 0 bridgehead atoms. The summed E-state index contributed by atoms with van der Waals surface area (Å²) >= 11 is 0. The lowest BCUT2D eigenvalue weighted by Gasteiger charge is -2.31. The number of fused-ring (bicyclic) bond motifs is 1. The Morgan fingerprint density at radius 1 is 1.53 bits per heavy atom. The van der Waals surface area contributed by atoms with Crippen molar-refractivity contribution in [3.05, 3.63) is 35.1 Å². The summed E-state index contributed by atoms with van der Waals surface area (Å²) in [6.45, 7) is 0. The summed E-state index contributed by atoms with van der Waals surface area (Å²) in [4.78, 5) is 11.1. The number of halogens is 1. The molecule has 0 amide bonds. The number of aliphatic carboxylic acids is 1. The van der Waals surface area contributed by atoms with Gasteiger partial charge in [0.25, 0.3) is 0 Å². The summed E-state index contributed by atoms with van der Waals surface area (Å²) in [7, 11) is 0. The number of hydrogen-bond acceptors (Lipinski definition) is 2. The van der Waals surface area contributed by atoms with E-state index in [1.165, 1.54) is 18.2 Å². The van der Waals surface area contributed by atoms with Gasteiger partial charge < -0.3 is 10.8 Å². The molecule has 0 radical (unpaired) electrons. The Morgan fingerprint density at radius 3 is 2.93 bits per heavy atom. The molecule has 1 aromatic carbocycles. The highest BCUT2D eigenvalue weighted by atomic mass is 19.1. The molecule has 2 rings (SSSR count).